The molecule has 1 atom stereocenters. The molecule has 0 bridgehead atoms. The molecular weight excluding hydrogens is 306 g/mol. The van der Waals surface area contributed by atoms with E-state index in [1.54, 1.807) is 18.2 Å². The van der Waals surface area contributed by atoms with Gasteiger partial charge in [0.05, 0.1) is 5.69 Å². The summed E-state index contributed by atoms with van der Waals surface area (Å²) >= 11 is 0. The Hall–Kier alpha value is -2.66. The van der Waals surface area contributed by atoms with Crippen LogP contribution in [0.1, 0.15) is 28.8 Å². The van der Waals surface area contributed by atoms with Crippen molar-refractivity contribution in [3.05, 3.63) is 59.7 Å². The lowest BCUT2D eigenvalue weighted by atomic mass is 10.1. The maximum absolute atomic E-state index is 12.3. The highest BCUT2D eigenvalue weighted by atomic mass is 16.5. The van der Waals surface area contributed by atoms with Crippen LogP contribution in [0.25, 0.3) is 0 Å². The summed E-state index contributed by atoms with van der Waals surface area (Å²) < 4.78 is 11.2. The number of carbonyl (C=O) groups excluding carboxylic acids is 2. The third-order valence-corrected chi connectivity index (χ3v) is 3.86. The van der Waals surface area contributed by atoms with Gasteiger partial charge in [0.25, 0.3) is 5.91 Å². The highest BCUT2D eigenvalue weighted by Crippen LogP contribution is 2.27. The van der Waals surface area contributed by atoms with Crippen molar-refractivity contribution in [2.24, 2.45) is 0 Å². The first kappa shape index (κ1) is 16.2. The van der Waals surface area contributed by atoms with Crippen molar-refractivity contribution in [2.75, 3.05) is 11.9 Å². The molecule has 5 heteroatoms. The molecule has 0 aromatic heterocycles. The fraction of sp³-hybridized carbons (Fsp3) is 0.263. The van der Waals surface area contributed by atoms with Gasteiger partial charge in [-0.2, -0.15) is 0 Å². The molecule has 0 aliphatic carbocycles. The number of nitrogens with one attached hydrogen (secondary N) is 1. The number of rotatable bonds is 6. The summed E-state index contributed by atoms with van der Waals surface area (Å²) in [7, 11) is 0. The minimum atomic E-state index is -0.438. The number of benzene rings is 2. The van der Waals surface area contributed by atoms with Crippen LogP contribution < -0.4 is 10.1 Å². The summed E-state index contributed by atoms with van der Waals surface area (Å²) in [5, 5.41) is 2.82. The van der Waals surface area contributed by atoms with Crippen molar-refractivity contribution >= 4 is 17.9 Å². The van der Waals surface area contributed by atoms with Crippen LogP contribution in [0.5, 0.6) is 5.75 Å². The van der Waals surface area contributed by atoms with Gasteiger partial charge in [-0.15, -0.1) is 0 Å². The number of anilines is 1. The quantitative estimate of drug-likeness (QED) is 0.828. The van der Waals surface area contributed by atoms with Crippen LogP contribution >= 0.6 is 0 Å². The van der Waals surface area contributed by atoms with Crippen LogP contribution in [0.2, 0.25) is 0 Å². The van der Waals surface area contributed by atoms with E-state index < -0.39 is 6.10 Å². The van der Waals surface area contributed by atoms with Gasteiger partial charge in [0.2, 0.25) is 0 Å². The van der Waals surface area contributed by atoms with E-state index in [1.807, 2.05) is 30.3 Å². The molecule has 0 spiro atoms. The predicted molar refractivity (Wildman–Crippen MR) is 90.2 cm³/mol. The molecule has 1 fully saturated rings. The molecule has 1 amide bonds. The lowest BCUT2D eigenvalue weighted by Crippen LogP contribution is -2.27. The van der Waals surface area contributed by atoms with Crippen LogP contribution in [-0.4, -0.2) is 24.9 Å². The summed E-state index contributed by atoms with van der Waals surface area (Å²) in [4.78, 5) is 23.3. The summed E-state index contributed by atoms with van der Waals surface area (Å²) in [6.45, 7) is 0.980. The summed E-state index contributed by atoms with van der Waals surface area (Å²) in [6, 6.07) is 14.7. The summed E-state index contributed by atoms with van der Waals surface area (Å²) in [5.74, 6) is 0.316. The number of hydrogen-bond acceptors (Lipinski definition) is 4. The van der Waals surface area contributed by atoms with Crippen LogP contribution in [0.4, 0.5) is 5.69 Å². The zero-order valence-corrected chi connectivity index (χ0v) is 13.2. The van der Waals surface area contributed by atoms with Gasteiger partial charge in [0, 0.05) is 12.2 Å². The Balaban J connectivity index is 1.74. The first-order valence-electron chi connectivity index (χ1n) is 7.94. The van der Waals surface area contributed by atoms with Gasteiger partial charge in [0.1, 0.15) is 24.7 Å². The van der Waals surface area contributed by atoms with Crippen LogP contribution in [0.15, 0.2) is 48.5 Å². The molecule has 1 aliphatic rings. The number of ether oxygens (including phenoxy) is 2. The van der Waals surface area contributed by atoms with Crippen molar-refractivity contribution in [3.63, 3.8) is 0 Å². The standard InChI is InChI=1S/C19H19NO4/c21-12-15-8-9-17(24-13-14-5-2-1-3-6-14)16(11-15)20-19(22)18-7-4-10-23-18/h1-3,5-6,8-9,11-12,18H,4,7,10,13H2,(H,20,22). The van der Waals surface area contributed by atoms with Crippen molar-refractivity contribution in [1.29, 1.82) is 0 Å². The van der Waals surface area contributed by atoms with Crippen LogP contribution in [-0.2, 0) is 16.1 Å². The molecule has 1 heterocycles. The van der Waals surface area contributed by atoms with Crippen LogP contribution in [0, 0.1) is 0 Å². The number of carbonyl (C=O) groups is 2. The van der Waals surface area contributed by atoms with Crippen molar-refractivity contribution in [1.82, 2.24) is 0 Å². The van der Waals surface area contributed by atoms with Gasteiger partial charge >= 0.3 is 0 Å². The number of hydrogen-bond donors (Lipinski definition) is 1. The first-order valence-corrected chi connectivity index (χ1v) is 7.94. The zero-order chi connectivity index (χ0) is 16.8. The maximum atomic E-state index is 12.3. The molecule has 2 aromatic rings. The monoisotopic (exact) mass is 325 g/mol. The van der Waals surface area contributed by atoms with E-state index >= 15 is 0 Å². The Labute approximate surface area is 140 Å². The second kappa shape index (κ2) is 7.75. The minimum Gasteiger partial charge on any atom is -0.487 e. The molecule has 1 aliphatic heterocycles. The minimum absolute atomic E-state index is 0.208. The fourth-order valence-electron chi connectivity index (χ4n) is 2.58. The molecule has 5 nitrogen and oxygen atoms in total. The SMILES string of the molecule is O=Cc1ccc(OCc2ccccc2)c(NC(=O)C2CCCO2)c1. The van der Waals surface area contributed by atoms with Crippen molar-refractivity contribution in [2.45, 2.75) is 25.6 Å². The van der Waals surface area contributed by atoms with Gasteiger partial charge < -0.3 is 14.8 Å². The van der Waals surface area contributed by atoms with E-state index in [0.717, 1.165) is 18.3 Å². The molecule has 24 heavy (non-hydrogen) atoms. The lowest BCUT2D eigenvalue weighted by molar-refractivity contribution is -0.124. The molecule has 124 valence electrons. The third-order valence-electron chi connectivity index (χ3n) is 3.86. The average Bonchev–Trinajstić information content (AvgIpc) is 3.16. The second-order valence-corrected chi connectivity index (χ2v) is 5.64. The molecule has 1 saturated heterocycles. The van der Waals surface area contributed by atoms with E-state index in [0.29, 0.717) is 36.6 Å². The third kappa shape index (κ3) is 4.00. The highest BCUT2D eigenvalue weighted by molar-refractivity contribution is 5.96. The Morgan fingerprint density at radius 3 is 2.79 bits per heavy atom. The van der Waals surface area contributed by atoms with Gasteiger partial charge in [-0.1, -0.05) is 30.3 Å². The molecule has 0 radical (unpaired) electrons. The van der Waals surface area contributed by atoms with Crippen molar-refractivity contribution < 1.29 is 19.1 Å². The predicted octanol–water partition coefficient (Wildman–Crippen LogP) is 3.20. The Morgan fingerprint density at radius 1 is 1.25 bits per heavy atom. The smallest absolute Gasteiger partial charge is 0.253 e. The van der Waals surface area contributed by atoms with E-state index in [9.17, 15) is 9.59 Å². The lowest BCUT2D eigenvalue weighted by Gasteiger charge is -2.15. The van der Waals surface area contributed by atoms with Crippen molar-refractivity contribution in [3.8, 4) is 5.75 Å². The summed E-state index contributed by atoms with van der Waals surface area (Å²) in [6.07, 6.45) is 1.89. The van der Waals surface area contributed by atoms with Gasteiger partial charge in [-0.05, 0) is 36.6 Å². The fourth-order valence-corrected chi connectivity index (χ4v) is 2.58. The van der Waals surface area contributed by atoms with E-state index in [4.69, 9.17) is 9.47 Å². The zero-order valence-electron chi connectivity index (χ0n) is 13.2. The largest absolute Gasteiger partial charge is 0.487 e. The molecule has 1 N–H and O–H groups in total. The van der Waals surface area contributed by atoms with Gasteiger partial charge in [0.15, 0.2) is 0 Å². The topological polar surface area (TPSA) is 64.6 Å². The highest BCUT2D eigenvalue weighted by Gasteiger charge is 2.24. The first-order chi connectivity index (χ1) is 11.8. The molecule has 3 rings (SSSR count). The average molecular weight is 325 g/mol. The van der Waals surface area contributed by atoms with E-state index in [1.165, 1.54) is 0 Å². The molecule has 2 aromatic carbocycles. The molecular formula is C19H19NO4. The normalized spacial score (nSPS) is 16.6. The van der Waals surface area contributed by atoms with Crippen LogP contribution in [0.3, 0.4) is 0 Å². The molecule has 1 unspecified atom stereocenters. The van der Waals surface area contributed by atoms with Gasteiger partial charge in [-0.3, -0.25) is 9.59 Å². The maximum Gasteiger partial charge on any atom is 0.253 e. The Bertz CT molecular complexity index is 709. The Kier molecular flexibility index (Phi) is 5.23. The second-order valence-electron chi connectivity index (χ2n) is 5.64. The number of amides is 1. The molecule has 0 saturated carbocycles. The van der Waals surface area contributed by atoms with E-state index in [-0.39, 0.29) is 5.91 Å². The summed E-state index contributed by atoms with van der Waals surface area (Å²) in [5.41, 5.74) is 1.98. The van der Waals surface area contributed by atoms with E-state index in [2.05, 4.69) is 5.32 Å². The van der Waals surface area contributed by atoms with Gasteiger partial charge in [-0.25, -0.2) is 0 Å². The number of aldehydes is 1. The Morgan fingerprint density at radius 2 is 2.08 bits per heavy atom.